The van der Waals surface area contributed by atoms with Crippen LogP contribution in [0.2, 0.25) is 5.02 Å². The Morgan fingerprint density at radius 2 is 1.70 bits per heavy atom. The maximum atomic E-state index is 13.7. The summed E-state index contributed by atoms with van der Waals surface area (Å²) < 4.78 is 1.46. The summed E-state index contributed by atoms with van der Waals surface area (Å²) in [6.45, 7) is 7.83. The van der Waals surface area contributed by atoms with Gasteiger partial charge in [0, 0.05) is 47.2 Å². The van der Waals surface area contributed by atoms with E-state index in [0.29, 0.717) is 22.0 Å². The molecular weight excluding hydrogens is 574 g/mol. The lowest BCUT2D eigenvalue weighted by Crippen LogP contribution is -2.45. The van der Waals surface area contributed by atoms with E-state index < -0.39 is 17.5 Å². The highest BCUT2D eigenvalue weighted by atomic mass is 35.5. The highest BCUT2D eigenvalue weighted by Crippen LogP contribution is 2.30. The van der Waals surface area contributed by atoms with Crippen molar-refractivity contribution in [2.75, 3.05) is 5.32 Å². The number of H-pyrrole nitrogens is 1. The number of nitrogens with zero attached hydrogens (tertiary/aromatic N) is 3. The second-order valence-electron chi connectivity index (χ2n) is 11.6. The van der Waals surface area contributed by atoms with Crippen LogP contribution in [-0.2, 0) is 23.8 Å². The average Bonchev–Trinajstić information content (AvgIpc) is 3.57. The number of aromatic nitrogens is 4. The van der Waals surface area contributed by atoms with E-state index in [2.05, 4.69) is 32.0 Å². The summed E-state index contributed by atoms with van der Waals surface area (Å²) in [5, 5.41) is 17.7. The zero-order valence-corrected chi connectivity index (χ0v) is 26.2. The molecule has 10 heteroatoms. The summed E-state index contributed by atoms with van der Waals surface area (Å²) in [6.07, 6.45) is 1.70. The first-order valence-corrected chi connectivity index (χ1v) is 14.7. The van der Waals surface area contributed by atoms with E-state index in [4.69, 9.17) is 17.3 Å². The Bertz CT molecular complexity index is 1800. The maximum Gasteiger partial charge on any atom is 0.270 e. The van der Waals surface area contributed by atoms with Crippen LogP contribution in [-0.4, -0.2) is 37.8 Å². The molecule has 9 nitrogen and oxygen atoms in total. The third-order valence-electron chi connectivity index (χ3n) is 7.65. The molecule has 0 fully saturated rings. The smallest absolute Gasteiger partial charge is 0.270 e. The quantitative estimate of drug-likeness (QED) is 0.165. The van der Waals surface area contributed by atoms with Crippen molar-refractivity contribution in [3.8, 4) is 22.3 Å². The van der Waals surface area contributed by atoms with Crippen LogP contribution >= 0.6 is 11.6 Å². The lowest BCUT2D eigenvalue weighted by molar-refractivity contribution is -0.118. The Balaban J connectivity index is 1.42. The topological polar surface area (TPSA) is 131 Å². The average molecular weight is 610 g/mol. The molecule has 0 saturated carbocycles. The molecule has 2 aromatic heterocycles. The Morgan fingerprint density at radius 3 is 2.34 bits per heavy atom. The first-order valence-electron chi connectivity index (χ1n) is 14.3. The molecule has 0 aliphatic rings. The Labute approximate surface area is 261 Å². The first-order chi connectivity index (χ1) is 20.9. The third-order valence-corrected chi connectivity index (χ3v) is 8.02. The van der Waals surface area contributed by atoms with Crippen molar-refractivity contribution in [1.29, 1.82) is 0 Å². The van der Waals surface area contributed by atoms with Crippen LogP contribution in [0.25, 0.3) is 22.3 Å². The SMILES string of the molecule is Cc1n[nH]c(C)c1-c1ccc(NC(=O)C(Cc2cc(-c3cccc(C(C)(C)N)c3)ccc2Cl)NC(=O)c2ccnn2C)cc1. The second kappa shape index (κ2) is 12.5. The van der Waals surface area contributed by atoms with Gasteiger partial charge in [-0.3, -0.25) is 19.4 Å². The van der Waals surface area contributed by atoms with Crippen molar-refractivity contribution in [3.05, 3.63) is 112 Å². The highest BCUT2D eigenvalue weighted by molar-refractivity contribution is 6.31. The Hall–Kier alpha value is -4.73. The van der Waals surface area contributed by atoms with E-state index in [1.165, 1.54) is 10.9 Å². The van der Waals surface area contributed by atoms with E-state index in [1.54, 1.807) is 13.1 Å². The van der Waals surface area contributed by atoms with E-state index >= 15 is 0 Å². The van der Waals surface area contributed by atoms with Gasteiger partial charge >= 0.3 is 0 Å². The molecule has 1 atom stereocenters. The fourth-order valence-electron chi connectivity index (χ4n) is 5.19. The monoisotopic (exact) mass is 609 g/mol. The third kappa shape index (κ3) is 6.74. The molecule has 1 unspecified atom stereocenters. The van der Waals surface area contributed by atoms with Gasteiger partial charge in [0.05, 0.1) is 5.69 Å². The van der Waals surface area contributed by atoms with Gasteiger partial charge < -0.3 is 16.4 Å². The van der Waals surface area contributed by atoms with Gasteiger partial charge in [-0.15, -0.1) is 0 Å². The fraction of sp³-hybridized carbons (Fsp3) is 0.235. The van der Waals surface area contributed by atoms with Crippen molar-refractivity contribution in [3.63, 3.8) is 0 Å². The predicted molar refractivity (Wildman–Crippen MR) is 174 cm³/mol. The number of hydrogen-bond donors (Lipinski definition) is 4. The van der Waals surface area contributed by atoms with Gasteiger partial charge in [0.1, 0.15) is 11.7 Å². The zero-order chi connectivity index (χ0) is 31.6. The summed E-state index contributed by atoms with van der Waals surface area (Å²) in [4.78, 5) is 27.0. The molecule has 5 N–H and O–H groups in total. The predicted octanol–water partition coefficient (Wildman–Crippen LogP) is 5.92. The van der Waals surface area contributed by atoms with Gasteiger partial charge in [0.15, 0.2) is 0 Å². The molecular formula is C34H36ClN7O2. The number of carbonyl (C=O) groups is 2. The van der Waals surface area contributed by atoms with Crippen LogP contribution < -0.4 is 16.4 Å². The van der Waals surface area contributed by atoms with Crippen molar-refractivity contribution < 1.29 is 9.59 Å². The van der Waals surface area contributed by atoms with Crippen LogP contribution in [0.5, 0.6) is 0 Å². The number of aryl methyl sites for hydroxylation is 3. The molecule has 44 heavy (non-hydrogen) atoms. The number of anilines is 1. The van der Waals surface area contributed by atoms with Crippen molar-refractivity contribution >= 4 is 29.1 Å². The van der Waals surface area contributed by atoms with Crippen LogP contribution in [0.15, 0.2) is 79.0 Å². The van der Waals surface area contributed by atoms with Crippen molar-refractivity contribution in [1.82, 2.24) is 25.3 Å². The molecule has 0 bridgehead atoms. The largest absolute Gasteiger partial charge is 0.339 e. The number of nitrogens with one attached hydrogen (secondary N) is 3. The maximum absolute atomic E-state index is 13.7. The standard InChI is InChI=1S/C34H36ClN7O2/c1-20-31(21(2)41-40-20)22-9-12-27(13-10-22)38-32(43)29(39-33(44)30-15-16-37-42(30)5)19-25-17-24(11-14-28(25)35)23-7-6-8-26(18-23)34(3,4)36/h6-18,29H,19,36H2,1-5H3,(H,38,43)(H,39,44)(H,40,41). The zero-order valence-electron chi connectivity index (χ0n) is 25.4. The molecule has 0 spiro atoms. The fourth-order valence-corrected chi connectivity index (χ4v) is 5.39. The van der Waals surface area contributed by atoms with Crippen LogP contribution in [0.4, 0.5) is 5.69 Å². The van der Waals surface area contributed by atoms with Gasteiger partial charge in [0.2, 0.25) is 5.91 Å². The van der Waals surface area contributed by atoms with Gasteiger partial charge in [0.25, 0.3) is 5.91 Å². The van der Waals surface area contributed by atoms with Gasteiger partial charge in [-0.2, -0.15) is 10.2 Å². The summed E-state index contributed by atoms with van der Waals surface area (Å²) >= 11 is 6.66. The van der Waals surface area contributed by atoms with E-state index in [9.17, 15) is 9.59 Å². The van der Waals surface area contributed by atoms with Crippen LogP contribution in [0, 0.1) is 13.8 Å². The van der Waals surface area contributed by atoms with E-state index in [0.717, 1.165) is 39.2 Å². The molecule has 2 heterocycles. The number of aromatic amines is 1. The number of amides is 2. The lowest BCUT2D eigenvalue weighted by Gasteiger charge is -2.21. The second-order valence-corrected chi connectivity index (χ2v) is 12.0. The molecule has 226 valence electrons. The molecule has 0 saturated heterocycles. The van der Waals surface area contributed by atoms with Crippen LogP contribution in [0.3, 0.4) is 0 Å². The summed E-state index contributed by atoms with van der Waals surface area (Å²) in [6, 6.07) is 21.9. The minimum atomic E-state index is -0.933. The molecule has 0 radical (unpaired) electrons. The molecule has 0 aliphatic heterocycles. The first kappa shape index (κ1) is 30.7. The number of hydrogen-bond acceptors (Lipinski definition) is 5. The summed E-state index contributed by atoms with van der Waals surface area (Å²) in [7, 11) is 1.67. The highest BCUT2D eigenvalue weighted by Gasteiger charge is 2.25. The molecule has 2 amide bonds. The minimum Gasteiger partial charge on any atom is -0.339 e. The lowest BCUT2D eigenvalue weighted by atomic mass is 9.91. The summed E-state index contributed by atoms with van der Waals surface area (Å²) in [5.41, 5.74) is 14.3. The van der Waals surface area contributed by atoms with Crippen molar-refractivity contribution in [2.45, 2.75) is 45.7 Å². The van der Waals surface area contributed by atoms with E-state index in [-0.39, 0.29) is 12.3 Å². The summed E-state index contributed by atoms with van der Waals surface area (Å²) in [5.74, 6) is -0.797. The van der Waals surface area contributed by atoms with Gasteiger partial charge in [-0.1, -0.05) is 48.0 Å². The molecule has 3 aromatic carbocycles. The number of nitrogens with two attached hydrogens (primary N) is 1. The molecule has 5 aromatic rings. The number of halogens is 1. The van der Waals surface area contributed by atoms with Crippen LogP contribution in [0.1, 0.15) is 46.9 Å². The minimum absolute atomic E-state index is 0.162. The number of benzene rings is 3. The Kier molecular flexibility index (Phi) is 8.71. The van der Waals surface area contributed by atoms with Crippen molar-refractivity contribution in [2.24, 2.45) is 12.8 Å². The Morgan fingerprint density at radius 1 is 1.00 bits per heavy atom. The molecule has 5 rings (SSSR count). The van der Waals surface area contributed by atoms with Gasteiger partial charge in [-0.25, -0.2) is 0 Å². The normalized spacial score (nSPS) is 12.2. The number of carbonyl (C=O) groups excluding carboxylic acids is 2. The van der Waals surface area contributed by atoms with E-state index in [1.807, 2.05) is 88.4 Å². The van der Waals surface area contributed by atoms with Gasteiger partial charge in [-0.05, 0) is 91.9 Å². The molecule has 0 aliphatic carbocycles. The number of rotatable bonds is 9.